The summed E-state index contributed by atoms with van der Waals surface area (Å²) >= 11 is 0. The summed E-state index contributed by atoms with van der Waals surface area (Å²) in [7, 11) is 0. The summed E-state index contributed by atoms with van der Waals surface area (Å²) in [6.45, 7) is 0.522. The number of rotatable bonds is 2. The van der Waals surface area contributed by atoms with Crippen LogP contribution in [0.1, 0.15) is 17.2 Å². The first kappa shape index (κ1) is 10.8. The Morgan fingerprint density at radius 3 is 2.50 bits per heavy atom. The summed E-state index contributed by atoms with van der Waals surface area (Å²) < 4.78 is 5.58. The second-order valence-corrected chi connectivity index (χ2v) is 4.19. The normalized spacial score (nSPS) is 18.2. The smallest absolute Gasteiger partial charge is 0.220 e. The van der Waals surface area contributed by atoms with Gasteiger partial charge in [-0.3, -0.25) is 0 Å². The standard InChI is InChI=1S/C15H13NO2/c17-14-9-5-4-8-12(14)15-16-13(10-18-15)11-6-2-1-3-7-11/h1-9,13,17H,10H2. The lowest BCUT2D eigenvalue weighted by Gasteiger charge is -2.03. The monoisotopic (exact) mass is 239 g/mol. The SMILES string of the molecule is Oc1ccccc1C1=NC(c2ccccc2)CO1. The number of aromatic hydroxyl groups is 1. The quantitative estimate of drug-likeness (QED) is 0.875. The topological polar surface area (TPSA) is 41.8 Å². The van der Waals surface area contributed by atoms with Gasteiger partial charge in [0.2, 0.25) is 5.90 Å². The van der Waals surface area contributed by atoms with Gasteiger partial charge < -0.3 is 9.84 Å². The number of hydrogen-bond donors (Lipinski definition) is 1. The van der Waals surface area contributed by atoms with Crippen LogP contribution < -0.4 is 0 Å². The fourth-order valence-electron chi connectivity index (χ4n) is 2.02. The van der Waals surface area contributed by atoms with Crippen molar-refractivity contribution in [1.82, 2.24) is 0 Å². The fraction of sp³-hybridized carbons (Fsp3) is 0.133. The average molecular weight is 239 g/mol. The predicted molar refractivity (Wildman–Crippen MR) is 69.8 cm³/mol. The third-order valence-corrected chi connectivity index (χ3v) is 2.97. The number of ether oxygens (including phenoxy) is 1. The highest BCUT2D eigenvalue weighted by Crippen LogP contribution is 2.27. The zero-order valence-electron chi connectivity index (χ0n) is 9.78. The summed E-state index contributed by atoms with van der Waals surface area (Å²) in [6, 6.07) is 17.1. The van der Waals surface area contributed by atoms with Gasteiger partial charge in [-0.2, -0.15) is 0 Å². The molecule has 1 heterocycles. The lowest BCUT2D eigenvalue weighted by molar-refractivity contribution is 0.318. The first-order valence-corrected chi connectivity index (χ1v) is 5.88. The summed E-state index contributed by atoms with van der Waals surface area (Å²) in [5.74, 6) is 0.715. The molecule has 0 fully saturated rings. The summed E-state index contributed by atoms with van der Waals surface area (Å²) in [6.07, 6.45) is 0. The molecule has 0 radical (unpaired) electrons. The zero-order chi connectivity index (χ0) is 12.4. The van der Waals surface area contributed by atoms with Gasteiger partial charge in [0, 0.05) is 0 Å². The summed E-state index contributed by atoms with van der Waals surface area (Å²) in [5, 5.41) is 9.77. The van der Waals surface area contributed by atoms with E-state index in [9.17, 15) is 5.11 Å². The molecule has 0 aromatic heterocycles. The molecule has 1 aliphatic heterocycles. The van der Waals surface area contributed by atoms with Gasteiger partial charge in [-0.1, -0.05) is 42.5 Å². The number of aliphatic imine (C=N–C) groups is 1. The van der Waals surface area contributed by atoms with Gasteiger partial charge in [-0.05, 0) is 17.7 Å². The molecule has 3 rings (SSSR count). The highest BCUT2D eigenvalue weighted by Gasteiger charge is 2.22. The van der Waals surface area contributed by atoms with Crippen LogP contribution in [0.3, 0.4) is 0 Å². The number of para-hydroxylation sites is 1. The molecule has 0 bridgehead atoms. The fourth-order valence-corrected chi connectivity index (χ4v) is 2.02. The van der Waals surface area contributed by atoms with Crippen molar-refractivity contribution in [2.45, 2.75) is 6.04 Å². The van der Waals surface area contributed by atoms with Crippen molar-refractivity contribution < 1.29 is 9.84 Å². The van der Waals surface area contributed by atoms with E-state index in [2.05, 4.69) is 4.99 Å². The summed E-state index contributed by atoms with van der Waals surface area (Å²) in [5.41, 5.74) is 1.78. The largest absolute Gasteiger partial charge is 0.507 e. The van der Waals surface area contributed by atoms with E-state index in [1.54, 1.807) is 12.1 Å². The highest BCUT2D eigenvalue weighted by atomic mass is 16.5. The van der Waals surface area contributed by atoms with Crippen molar-refractivity contribution >= 4 is 5.90 Å². The Kier molecular flexibility index (Phi) is 2.73. The number of benzene rings is 2. The molecule has 1 aliphatic rings. The van der Waals surface area contributed by atoms with Crippen LogP contribution in [0.5, 0.6) is 5.75 Å². The zero-order valence-corrected chi connectivity index (χ0v) is 9.78. The third-order valence-electron chi connectivity index (χ3n) is 2.97. The lowest BCUT2D eigenvalue weighted by Crippen LogP contribution is -2.01. The molecule has 0 amide bonds. The molecule has 3 heteroatoms. The Morgan fingerprint density at radius 1 is 1.00 bits per heavy atom. The van der Waals surface area contributed by atoms with Crippen LogP contribution in [-0.4, -0.2) is 17.6 Å². The Morgan fingerprint density at radius 2 is 1.72 bits per heavy atom. The molecule has 1 N–H and O–H groups in total. The number of nitrogens with zero attached hydrogens (tertiary/aromatic N) is 1. The molecule has 18 heavy (non-hydrogen) atoms. The van der Waals surface area contributed by atoms with Crippen molar-refractivity contribution in [1.29, 1.82) is 0 Å². The first-order chi connectivity index (χ1) is 8.84. The van der Waals surface area contributed by atoms with Crippen molar-refractivity contribution in [3.8, 4) is 5.75 Å². The van der Waals surface area contributed by atoms with E-state index < -0.39 is 0 Å². The minimum atomic E-state index is 0.0146. The van der Waals surface area contributed by atoms with Crippen LogP contribution in [0, 0.1) is 0 Å². The van der Waals surface area contributed by atoms with Crippen molar-refractivity contribution in [3.05, 3.63) is 65.7 Å². The molecule has 2 aromatic rings. The molecule has 3 nitrogen and oxygen atoms in total. The Labute approximate surface area is 105 Å². The van der Waals surface area contributed by atoms with Gasteiger partial charge in [0.15, 0.2) is 0 Å². The second-order valence-electron chi connectivity index (χ2n) is 4.19. The minimum Gasteiger partial charge on any atom is -0.507 e. The molecule has 2 aromatic carbocycles. The van der Waals surface area contributed by atoms with Crippen molar-refractivity contribution in [3.63, 3.8) is 0 Å². The van der Waals surface area contributed by atoms with E-state index in [-0.39, 0.29) is 11.8 Å². The Balaban J connectivity index is 1.91. The minimum absolute atomic E-state index is 0.0146. The van der Waals surface area contributed by atoms with Gasteiger partial charge in [-0.15, -0.1) is 0 Å². The van der Waals surface area contributed by atoms with E-state index in [4.69, 9.17) is 4.74 Å². The average Bonchev–Trinajstić information content (AvgIpc) is 2.90. The Bertz CT molecular complexity index is 578. The molecule has 0 aliphatic carbocycles. The van der Waals surface area contributed by atoms with E-state index in [1.807, 2.05) is 42.5 Å². The van der Waals surface area contributed by atoms with Crippen LogP contribution in [0.15, 0.2) is 59.6 Å². The number of hydrogen-bond acceptors (Lipinski definition) is 3. The van der Waals surface area contributed by atoms with Crippen molar-refractivity contribution in [2.75, 3.05) is 6.61 Å². The van der Waals surface area contributed by atoms with E-state index >= 15 is 0 Å². The van der Waals surface area contributed by atoms with Crippen LogP contribution in [0.4, 0.5) is 0 Å². The van der Waals surface area contributed by atoms with E-state index in [0.717, 1.165) is 5.56 Å². The molecule has 0 spiro atoms. The van der Waals surface area contributed by atoms with Crippen LogP contribution in [0.2, 0.25) is 0 Å². The predicted octanol–water partition coefficient (Wildman–Crippen LogP) is 2.91. The van der Waals surface area contributed by atoms with Gasteiger partial charge in [0.1, 0.15) is 18.4 Å². The molecular formula is C15H13NO2. The summed E-state index contributed by atoms with van der Waals surface area (Å²) in [4.78, 5) is 4.52. The van der Waals surface area contributed by atoms with Crippen molar-refractivity contribution in [2.24, 2.45) is 4.99 Å². The number of phenols is 1. The van der Waals surface area contributed by atoms with Gasteiger partial charge in [0.25, 0.3) is 0 Å². The maximum Gasteiger partial charge on any atom is 0.220 e. The second kappa shape index (κ2) is 4.53. The van der Waals surface area contributed by atoms with Gasteiger partial charge >= 0.3 is 0 Å². The molecule has 0 saturated carbocycles. The maximum atomic E-state index is 9.77. The molecule has 1 unspecified atom stereocenters. The van der Waals surface area contributed by atoms with Gasteiger partial charge in [0.05, 0.1) is 5.56 Å². The molecular weight excluding hydrogens is 226 g/mol. The highest BCUT2D eigenvalue weighted by molar-refractivity contribution is 5.97. The van der Waals surface area contributed by atoms with Gasteiger partial charge in [-0.25, -0.2) is 4.99 Å². The van der Waals surface area contributed by atoms with E-state index in [1.165, 1.54) is 0 Å². The third kappa shape index (κ3) is 1.95. The van der Waals surface area contributed by atoms with Crippen LogP contribution in [-0.2, 0) is 4.74 Å². The molecule has 90 valence electrons. The number of phenolic OH excluding ortho intramolecular Hbond substituents is 1. The van der Waals surface area contributed by atoms with Crippen LogP contribution in [0.25, 0.3) is 0 Å². The lowest BCUT2D eigenvalue weighted by atomic mass is 10.1. The maximum absolute atomic E-state index is 9.77. The van der Waals surface area contributed by atoms with E-state index in [0.29, 0.717) is 18.1 Å². The molecule has 1 atom stereocenters. The molecule has 0 saturated heterocycles. The Hall–Kier alpha value is -2.29. The first-order valence-electron chi connectivity index (χ1n) is 5.88. The van der Waals surface area contributed by atoms with Crippen LogP contribution >= 0.6 is 0 Å².